The van der Waals surface area contributed by atoms with Gasteiger partial charge in [-0.15, -0.1) is 0 Å². The summed E-state index contributed by atoms with van der Waals surface area (Å²) in [5, 5.41) is 1.57. The fraction of sp³-hybridized carbons (Fsp3) is 0.250. The average molecular weight is 246 g/mol. The van der Waals surface area contributed by atoms with Crippen molar-refractivity contribution in [3.8, 4) is 0 Å². The van der Waals surface area contributed by atoms with Gasteiger partial charge in [-0.25, -0.2) is 15.0 Å². The Bertz CT molecular complexity index is 513. The molecule has 0 saturated heterocycles. The number of aryl methyl sites for hydroxylation is 1. The second kappa shape index (κ2) is 5.25. The van der Waals surface area contributed by atoms with Gasteiger partial charge >= 0.3 is 0 Å². The lowest BCUT2D eigenvalue weighted by atomic mass is 10.1. The SMILES string of the molecule is Cc1ccnc(Sc2cc([C@H](C)N)ccn2)n1. The minimum atomic E-state index is 0.00998. The Morgan fingerprint density at radius 2 is 2.00 bits per heavy atom. The minimum Gasteiger partial charge on any atom is -0.324 e. The summed E-state index contributed by atoms with van der Waals surface area (Å²) in [4.78, 5) is 12.8. The number of nitrogens with zero attached hydrogens (tertiary/aromatic N) is 3. The zero-order valence-corrected chi connectivity index (χ0v) is 10.6. The van der Waals surface area contributed by atoms with E-state index in [2.05, 4.69) is 15.0 Å². The van der Waals surface area contributed by atoms with Crippen LogP contribution in [0.2, 0.25) is 0 Å². The Hall–Kier alpha value is -1.46. The lowest BCUT2D eigenvalue weighted by molar-refractivity contribution is 0.807. The Balaban J connectivity index is 2.21. The van der Waals surface area contributed by atoms with Gasteiger partial charge in [0.05, 0.1) is 0 Å². The highest BCUT2D eigenvalue weighted by atomic mass is 32.2. The van der Waals surface area contributed by atoms with E-state index in [1.54, 1.807) is 12.4 Å². The first kappa shape index (κ1) is 12.0. The molecule has 0 aromatic carbocycles. The van der Waals surface area contributed by atoms with E-state index in [4.69, 9.17) is 5.73 Å². The molecule has 0 aliphatic rings. The zero-order valence-electron chi connectivity index (χ0n) is 9.79. The van der Waals surface area contributed by atoms with Crippen LogP contribution in [0.15, 0.2) is 40.8 Å². The van der Waals surface area contributed by atoms with Crippen LogP contribution in [-0.2, 0) is 0 Å². The number of pyridine rings is 1. The minimum absolute atomic E-state index is 0.00998. The van der Waals surface area contributed by atoms with E-state index in [0.717, 1.165) is 16.3 Å². The maximum absolute atomic E-state index is 5.83. The monoisotopic (exact) mass is 246 g/mol. The van der Waals surface area contributed by atoms with Crippen molar-refractivity contribution in [3.63, 3.8) is 0 Å². The third-order valence-corrected chi connectivity index (χ3v) is 3.06. The number of aromatic nitrogens is 3. The average Bonchev–Trinajstić information content (AvgIpc) is 2.29. The van der Waals surface area contributed by atoms with Gasteiger partial charge in [0.2, 0.25) is 0 Å². The molecule has 4 nitrogen and oxygen atoms in total. The summed E-state index contributed by atoms with van der Waals surface area (Å²) < 4.78 is 0. The topological polar surface area (TPSA) is 64.7 Å². The third kappa shape index (κ3) is 3.25. The molecule has 2 rings (SSSR count). The molecular weight excluding hydrogens is 232 g/mol. The van der Waals surface area contributed by atoms with Crippen molar-refractivity contribution in [1.82, 2.24) is 15.0 Å². The van der Waals surface area contributed by atoms with Gasteiger partial charge in [-0.2, -0.15) is 0 Å². The number of hydrogen-bond donors (Lipinski definition) is 1. The molecule has 0 fully saturated rings. The molecular formula is C12H14N4S. The quantitative estimate of drug-likeness (QED) is 0.842. The van der Waals surface area contributed by atoms with Crippen LogP contribution < -0.4 is 5.73 Å². The molecule has 1 atom stereocenters. The van der Waals surface area contributed by atoms with Crippen LogP contribution in [0.1, 0.15) is 24.2 Å². The standard InChI is InChI=1S/C12H14N4S/c1-8-3-5-15-12(16-8)17-11-7-10(9(2)13)4-6-14-11/h3-7,9H,13H2,1-2H3/t9-/m0/s1. The molecule has 88 valence electrons. The highest BCUT2D eigenvalue weighted by Gasteiger charge is 2.05. The van der Waals surface area contributed by atoms with Gasteiger partial charge in [0, 0.05) is 24.1 Å². The second-order valence-electron chi connectivity index (χ2n) is 3.80. The molecule has 0 bridgehead atoms. The van der Waals surface area contributed by atoms with E-state index in [9.17, 15) is 0 Å². The van der Waals surface area contributed by atoms with E-state index in [-0.39, 0.29) is 6.04 Å². The van der Waals surface area contributed by atoms with Crippen LogP contribution in [0.3, 0.4) is 0 Å². The predicted molar refractivity (Wildman–Crippen MR) is 67.7 cm³/mol. The molecule has 2 aromatic rings. The van der Waals surface area contributed by atoms with Crippen molar-refractivity contribution in [2.45, 2.75) is 30.1 Å². The van der Waals surface area contributed by atoms with Gasteiger partial charge in [-0.3, -0.25) is 0 Å². The van der Waals surface area contributed by atoms with Gasteiger partial charge in [0.1, 0.15) is 5.03 Å². The van der Waals surface area contributed by atoms with Crippen LogP contribution in [0, 0.1) is 6.92 Å². The molecule has 2 heterocycles. The molecule has 0 saturated carbocycles. The fourth-order valence-corrected chi connectivity index (χ4v) is 2.13. The Morgan fingerprint density at radius 1 is 1.24 bits per heavy atom. The van der Waals surface area contributed by atoms with Crippen LogP contribution in [0.5, 0.6) is 0 Å². The molecule has 2 aromatic heterocycles. The van der Waals surface area contributed by atoms with Crippen molar-refractivity contribution < 1.29 is 0 Å². The third-order valence-electron chi connectivity index (χ3n) is 2.25. The largest absolute Gasteiger partial charge is 0.324 e. The van der Waals surface area contributed by atoms with Gasteiger partial charge in [-0.1, -0.05) is 0 Å². The van der Waals surface area contributed by atoms with E-state index >= 15 is 0 Å². The highest BCUT2D eigenvalue weighted by molar-refractivity contribution is 7.99. The van der Waals surface area contributed by atoms with Gasteiger partial charge < -0.3 is 5.73 Å². The zero-order chi connectivity index (χ0) is 12.3. The van der Waals surface area contributed by atoms with Gasteiger partial charge in [0.15, 0.2) is 5.16 Å². The van der Waals surface area contributed by atoms with E-state index in [1.807, 2.05) is 32.0 Å². The summed E-state index contributed by atoms with van der Waals surface area (Å²) in [5.41, 5.74) is 7.85. The van der Waals surface area contributed by atoms with E-state index in [0.29, 0.717) is 5.16 Å². The molecule has 0 aliphatic carbocycles. The summed E-state index contributed by atoms with van der Waals surface area (Å²) in [6.07, 6.45) is 3.51. The van der Waals surface area contributed by atoms with Crippen molar-refractivity contribution in [1.29, 1.82) is 0 Å². The van der Waals surface area contributed by atoms with Crippen molar-refractivity contribution in [2.75, 3.05) is 0 Å². The summed E-state index contributed by atoms with van der Waals surface area (Å²) in [6.45, 7) is 3.89. The van der Waals surface area contributed by atoms with Crippen LogP contribution in [-0.4, -0.2) is 15.0 Å². The molecule has 0 spiro atoms. The Labute approximate surface area is 105 Å². The number of hydrogen-bond acceptors (Lipinski definition) is 5. The van der Waals surface area contributed by atoms with E-state index < -0.39 is 0 Å². The van der Waals surface area contributed by atoms with Crippen LogP contribution >= 0.6 is 11.8 Å². The first-order chi connectivity index (χ1) is 8.15. The Kier molecular flexibility index (Phi) is 3.71. The van der Waals surface area contributed by atoms with Crippen LogP contribution in [0.25, 0.3) is 0 Å². The molecule has 0 unspecified atom stereocenters. The number of nitrogens with two attached hydrogens (primary N) is 1. The number of rotatable bonds is 3. The van der Waals surface area contributed by atoms with Gasteiger partial charge in [-0.05, 0) is 49.4 Å². The van der Waals surface area contributed by atoms with Crippen LogP contribution in [0.4, 0.5) is 0 Å². The first-order valence-corrected chi connectivity index (χ1v) is 6.16. The van der Waals surface area contributed by atoms with Crippen molar-refractivity contribution in [3.05, 3.63) is 41.9 Å². The lowest BCUT2D eigenvalue weighted by Crippen LogP contribution is -2.05. The van der Waals surface area contributed by atoms with Crippen molar-refractivity contribution >= 4 is 11.8 Å². The maximum atomic E-state index is 5.83. The van der Waals surface area contributed by atoms with Crippen molar-refractivity contribution in [2.24, 2.45) is 5.73 Å². The molecule has 0 radical (unpaired) electrons. The lowest BCUT2D eigenvalue weighted by Gasteiger charge is -2.06. The highest BCUT2D eigenvalue weighted by Crippen LogP contribution is 2.24. The smallest absolute Gasteiger partial charge is 0.194 e. The second-order valence-corrected chi connectivity index (χ2v) is 4.79. The first-order valence-electron chi connectivity index (χ1n) is 5.34. The molecule has 5 heteroatoms. The molecule has 0 amide bonds. The normalized spacial score (nSPS) is 12.4. The summed E-state index contributed by atoms with van der Waals surface area (Å²) in [7, 11) is 0. The maximum Gasteiger partial charge on any atom is 0.194 e. The summed E-state index contributed by atoms with van der Waals surface area (Å²) in [6, 6.07) is 5.78. The fourth-order valence-electron chi connectivity index (χ4n) is 1.33. The summed E-state index contributed by atoms with van der Waals surface area (Å²) in [5.74, 6) is 0. The predicted octanol–water partition coefficient (Wildman–Crippen LogP) is 2.35. The molecule has 0 aliphatic heterocycles. The summed E-state index contributed by atoms with van der Waals surface area (Å²) >= 11 is 1.44. The Morgan fingerprint density at radius 3 is 2.71 bits per heavy atom. The molecule has 2 N–H and O–H groups in total. The van der Waals surface area contributed by atoms with Gasteiger partial charge in [0.25, 0.3) is 0 Å². The molecule has 17 heavy (non-hydrogen) atoms. The van der Waals surface area contributed by atoms with E-state index in [1.165, 1.54) is 11.8 Å².